The molecule has 2 fully saturated rings. The Bertz CT molecular complexity index is 778. The molecule has 3 rings (SSSR count). The van der Waals surface area contributed by atoms with Gasteiger partial charge in [-0.3, -0.25) is 14.4 Å². The summed E-state index contributed by atoms with van der Waals surface area (Å²) in [7, 11) is 5.46. The van der Waals surface area contributed by atoms with Crippen molar-refractivity contribution < 1.29 is 19.1 Å². The molecule has 0 bridgehead atoms. The normalized spacial score (nSPS) is 18.0. The second-order valence-corrected chi connectivity index (χ2v) is 8.18. The minimum atomic E-state index is -0.612. The average Bonchev–Trinajstić information content (AvgIpc) is 3.59. The highest BCUT2D eigenvalue weighted by atomic mass is 16.5. The molecule has 8 heteroatoms. The van der Waals surface area contributed by atoms with Crippen molar-refractivity contribution in [2.45, 2.75) is 25.3 Å². The topological polar surface area (TPSA) is 82.2 Å². The van der Waals surface area contributed by atoms with Crippen LogP contribution in [-0.2, 0) is 14.4 Å². The first kappa shape index (κ1) is 22.1. The molecule has 1 saturated heterocycles. The van der Waals surface area contributed by atoms with Gasteiger partial charge < -0.3 is 24.8 Å². The molecule has 0 aromatic heterocycles. The van der Waals surface area contributed by atoms with Crippen LogP contribution in [0, 0.1) is 5.92 Å². The molecule has 0 spiro atoms. The van der Waals surface area contributed by atoms with E-state index in [4.69, 9.17) is 4.74 Å². The molecule has 1 aromatic carbocycles. The smallest absolute Gasteiger partial charge is 0.311 e. The second-order valence-electron chi connectivity index (χ2n) is 8.18. The number of nitrogens with one attached hydrogen (secondary N) is 1. The lowest BCUT2D eigenvalue weighted by atomic mass is 10.0. The SMILES string of the molecule is COc1ccccc1C(CNC(=O)C(=O)N1CCCN(C(=O)C2CC2)CC1)N(C)C. The van der Waals surface area contributed by atoms with Crippen molar-refractivity contribution in [1.82, 2.24) is 20.0 Å². The van der Waals surface area contributed by atoms with Gasteiger partial charge in [-0.1, -0.05) is 18.2 Å². The van der Waals surface area contributed by atoms with Crippen molar-refractivity contribution in [3.8, 4) is 5.75 Å². The van der Waals surface area contributed by atoms with E-state index in [0.29, 0.717) is 32.6 Å². The lowest BCUT2D eigenvalue weighted by molar-refractivity contribution is -0.146. The van der Waals surface area contributed by atoms with Crippen LogP contribution in [0.15, 0.2) is 24.3 Å². The highest BCUT2D eigenvalue weighted by molar-refractivity contribution is 6.35. The number of rotatable bonds is 6. The number of methoxy groups -OCH3 is 1. The van der Waals surface area contributed by atoms with Gasteiger partial charge in [0, 0.05) is 44.2 Å². The van der Waals surface area contributed by atoms with E-state index in [1.807, 2.05) is 48.2 Å². The number of nitrogens with zero attached hydrogens (tertiary/aromatic N) is 3. The molecule has 3 amide bonds. The van der Waals surface area contributed by atoms with Gasteiger partial charge in [-0.2, -0.15) is 0 Å². The van der Waals surface area contributed by atoms with Gasteiger partial charge in [0.1, 0.15) is 5.75 Å². The van der Waals surface area contributed by atoms with E-state index in [1.54, 1.807) is 12.0 Å². The molecule has 2 aliphatic rings. The quantitative estimate of drug-likeness (QED) is 0.697. The highest BCUT2D eigenvalue weighted by Crippen LogP contribution is 2.31. The number of hydrogen-bond acceptors (Lipinski definition) is 5. The minimum Gasteiger partial charge on any atom is -0.496 e. The Morgan fingerprint density at radius 2 is 1.77 bits per heavy atom. The van der Waals surface area contributed by atoms with E-state index in [0.717, 1.165) is 24.2 Å². The van der Waals surface area contributed by atoms with E-state index < -0.39 is 11.8 Å². The van der Waals surface area contributed by atoms with Gasteiger partial charge >= 0.3 is 11.8 Å². The fraction of sp³-hybridized carbons (Fsp3) is 0.591. The van der Waals surface area contributed by atoms with E-state index in [1.165, 1.54) is 0 Å². The first-order valence-electron chi connectivity index (χ1n) is 10.6. The molecule has 164 valence electrons. The Morgan fingerprint density at radius 1 is 1.10 bits per heavy atom. The molecule has 0 radical (unpaired) electrons. The zero-order chi connectivity index (χ0) is 21.7. The molecule has 8 nitrogen and oxygen atoms in total. The van der Waals surface area contributed by atoms with Gasteiger partial charge in [0.2, 0.25) is 5.91 Å². The third kappa shape index (κ3) is 5.30. The van der Waals surface area contributed by atoms with Crippen molar-refractivity contribution in [3.05, 3.63) is 29.8 Å². The van der Waals surface area contributed by atoms with E-state index in [2.05, 4.69) is 5.32 Å². The van der Waals surface area contributed by atoms with E-state index >= 15 is 0 Å². The van der Waals surface area contributed by atoms with Gasteiger partial charge in [-0.05, 0) is 39.4 Å². The van der Waals surface area contributed by atoms with E-state index in [-0.39, 0.29) is 24.4 Å². The lowest BCUT2D eigenvalue weighted by Gasteiger charge is -2.27. The maximum atomic E-state index is 12.7. The lowest BCUT2D eigenvalue weighted by Crippen LogP contribution is -2.46. The van der Waals surface area contributed by atoms with Crippen molar-refractivity contribution in [3.63, 3.8) is 0 Å². The van der Waals surface area contributed by atoms with Gasteiger partial charge in [-0.15, -0.1) is 0 Å². The van der Waals surface area contributed by atoms with Gasteiger partial charge in [-0.25, -0.2) is 0 Å². The fourth-order valence-electron chi connectivity index (χ4n) is 3.85. The highest BCUT2D eigenvalue weighted by Gasteiger charge is 2.35. The van der Waals surface area contributed by atoms with Crippen molar-refractivity contribution in [1.29, 1.82) is 0 Å². The van der Waals surface area contributed by atoms with Crippen molar-refractivity contribution >= 4 is 17.7 Å². The van der Waals surface area contributed by atoms with Crippen LogP contribution in [0.3, 0.4) is 0 Å². The molecule has 1 unspecified atom stereocenters. The van der Waals surface area contributed by atoms with Gasteiger partial charge in [0.15, 0.2) is 0 Å². The van der Waals surface area contributed by atoms with Crippen LogP contribution in [0.2, 0.25) is 0 Å². The molecule has 1 N–H and O–H groups in total. The fourth-order valence-corrected chi connectivity index (χ4v) is 3.85. The maximum absolute atomic E-state index is 12.7. The Morgan fingerprint density at radius 3 is 2.43 bits per heavy atom. The Labute approximate surface area is 178 Å². The monoisotopic (exact) mass is 416 g/mol. The van der Waals surface area contributed by atoms with Crippen LogP contribution in [0.5, 0.6) is 5.75 Å². The van der Waals surface area contributed by atoms with Crippen LogP contribution >= 0.6 is 0 Å². The predicted octanol–water partition coefficient (Wildman–Crippen LogP) is 0.885. The summed E-state index contributed by atoms with van der Waals surface area (Å²) in [5, 5.41) is 2.79. The zero-order valence-electron chi connectivity index (χ0n) is 18.1. The van der Waals surface area contributed by atoms with Crippen LogP contribution < -0.4 is 10.1 Å². The first-order valence-corrected chi connectivity index (χ1v) is 10.6. The number of likely N-dealkylation sites (N-methyl/N-ethyl adjacent to an activating group) is 1. The average molecular weight is 417 g/mol. The molecular formula is C22H32N4O4. The molecule has 1 atom stereocenters. The third-order valence-corrected chi connectivity index (χ3v) is 5.79. The molecule has 1 aliphatic heterocycles. The molecule has 1 saturated carbocycles. The van der Waals surface area contributed by atoms with Crippen LogP contribution in [-0.4, -0.2) is 86.4 Å². The summed E-state index contributed by atoms with van der Waals surface area (Å²) in [6.07, 6.45) is 2.64. The summed E-state index contributed by atoms with van der Waals surface area (Å²) in [5.74, 6) is -0.0374. The largest absolute Gasteiger partial charge is 0.496 e. The number of hydrogen-bond donors (Lipinski definition) is 1. The minimum absolute atomic E-state index is 0.131. The van der Waals surface area contributed by atoms with Crippen molar-refractivity contribution in [2.24, 2.45) is 5.92 Å². The molecule has 30 heavy (non-hydrogen) atoms. The first-order chi connectivity index (χ1) is 14.4. The summed E-state index contributed by atoms with van der Waals surface area (Å²) in [5.41, 5.74) is 0.946. The van der Waals surface area contributed by atoms with Crippen molar-refractivity contribution in [2.75, 3.05) is 53.9 Å². The summed E-state index contributed by atoms with van der Waals surface area (Å²) < 4.78 is 5.44. The summed E-state index contributed by atoms with van der Waals surface area (Å²) in [6.45, 7) is 2.32. The number of para-hydroxylation sites is 1. The molecule has 1 aliphatic carbocycles. The number of amides is 3. The summed E-state index contributed by atoms with van der Waals surface area (Å²) >= 11 is 0. The van der Waals surface area contributed by atoms with Crippen LogP contribution in [0.4, 0.5) is 0 Å². The number of benzene rings is 1. The number of carbonyl (C=O) groups is 3. The predicted molar refractivity (Wildman–Crippen MR) is 113 cm³/mol. The maximum Gasteiger partial charge on any atom is 0.311 e. The second kappa shape index (κ2) is 9.93. The Kier molecular flexibility index (Phi) is 7.31. The molecule has 1 aromatic rings. The van der Waals surface area contributed by atoms with E-state index in [9.17, 15) is 14.4 Å². The Hall–Kier alpha value is -2.61. The third-order valence-electron chi connectivity index (χ3n) is 5.79. The molecular weight excluding hydrogens is 384 g/mol. The summed E-state index contributed by atoms with van der Waals surface area (Å²) in [4.78, 5) is 42.9. The zero-order valence-corrected chi connectivity index (χ0v) is 18.1. The summed E-state index contributed by atoms with van der Waals surface area (Å²) in [6, 6.07) is 7.53. The molecule has 1 heterocycles. The number of ether oxygens (including phenoxy) is 1. The van der Waals surface area contributed by atoms with Gasteiger partial charge in [0.25, 0.3) is 0 Å². The standard InChI is InChI=1S/C22H32N4O4/c1-24(2)18(17-7-4-5-8-19(17)30-3)15-23-20(27)22(29)26-12-6-11-25(13-14-26)21(28)16-9-10-16/h4-5,7-8,16,18H,6,9-15H2,1-3H3,(H,23,27). The van der Waals surface area contributed by atoms with Crippen LogP contribution in [0.1, 0.15) is 30.9 Å². The Balaban J connectivity index is 1.56. The van der Waals surface area contributed by atoms with Gasteiger partial charge in [0.05, 0.1) is 13.2 Å². The van der Waals surface area contributed by atoms with Crippen LogP contribution in [0.25, 0.3) is 0 Å². The number of carbonyl (C=O) groups excluding carboxylic acids is 3.